The summed E-state index contributed by atoms with van der Waals surface area (Å²) in [7, 11) is 0. The number of thiazole rings is 1. The van der Waals surface area contributed by atoms with Gasteiger partial charge in [-0.05, 0) is 32.8 Å². The second-order valence-electron chi connectivity index (χ2n) is 8.67. The molecule has 0 aliphatic carbocycles. The largest absolute Gasteiger partial charge is 0.491 e. The Bertz CT molecular complexity index is 960. The van der Waals surface area contributed by atoms with Gasteiger partial charge < -0.3 is 10.1 Å². The summed E-state index contributed by atoms with van der Waals surface area (Å²) in [4.78, 5) is 27.5. The molecule has 2 heterocycles. The minimum Gasteiger partial charge on any atom is -0.385 e. The van der Waals surface area contributed by atoms with E-state index in [4.69, 9.17) is 0 Å². The van der Waals surface area contributed by atoms with Crippen LogP contribution in [0.3, 0.4) is 0 Å². The Labute approximate surface area is 212 Å². The lowest BCUT2D eigenvalue weighted by Crippen LogP contribution is -2.36. The van der Waals surface area contributed by atoms with Gasteiger partial charge in [0, 0.05) is 24.0 Å². The van der Waals surface area contributed by atoms with Crippen molar-refractivity contribution in [3.8, 4) is 0 Å². The number of aryl methyl sites for hydroxylation is 1. The molecule has 1 atom stereocenters. The summed E-state index contributed by atoms with van der Waals surface area (Å²) < 4.78 is 40.2. The molecule has 7 nitrogen and oxygen atoms in total. The maximum atomic E-state index is 12.4. The van der Waals surface area contributed by atoms with Crippen LogP contribution in [0.15, 0.2) is 15.8 Å². The van der Waals surface area contributed by atoms with Gasteiger partial charge in [-0.15, -0.1) is 11.3 Å². The zero-order valence-corrected chi connectivity index (χ0v) is 22.1. The molecule has 2 aromatic rings. The molecular weight excluding hydrogens is 501 g/mol. The van der Waals surface area contributed by atoms with Crippen LogP contribution in [-0.4, -0.2) is 44.6 Å². The number of nitrogens with one attached hydrogen (secondary N) is 2. The van der Waals surface area contributed by atoms with E-state index in [9.17, 15) is 22.8 Å². The molecule has 0 fully saturated rings. The summed E-state index contributed by atoms with van der Waals surface area (Å²) in [6.07, 6.45) is 1.98. The average Bonchev–Trinajstić information content (AvgIpc) is 3.43. The van der Waals surface area contributed by atoms with E-state index >= 15 is 0 Å². The van der Waals surface area contributed by atoms with Gasteiger partial charge in [0.2, 0.25) is 0 Å². The topological polar surface area (TPSA) is 97.0 Å². The van der Waals surface area contributed by atoms with Crippen LogP contribution < -0.4 is 5.32 Å². The summed E-state index contributed by atoms with van der Waals surface area (Å²) in [5, 5.41) is 13.0. The number of rotatable bonds is 14. The smallest absolute Gasteiger partial charge is 0.385 e. The van der Waals surface area contributed by atoms with Gasteiger partial charge in [0.1, 0.15) is 4.75 Å². The van der Waals surface area contributed by atoms with Gasteiger partial charge in [-0.2, -0.15) is 18.3 Å². The van der Waals surface area contributed by atoms with Crippen LogP contribution >= 0.6 is 23.1 Å². The number of alkyl halides is 3. The minimum atomic E-state index is -5.22. The number of H-pyrrole nitrogens is 1. The third-order valence-electron chi connectivity index (χ3n) is 5.29. The Morgan fingerprint density at radius 3 is 2.57 bits per heavy atom. The molecule has 0 aliphatic rings. The molecule has 0 spiro atoms. The van der Waals surface area contributed by atoms with E-state index in [0.717, 1.165) is 48.1 Å². The number of esters is 2. The van der Waals surface area contributed by atoms with Crippen molar-refractivity contribution in [1.82, 2.24) is 20.5 Å². The first-order valence-electron chi connectivity index (χ1n) is 11.7. The normalized spacial score (nSPS) is 13.1. The third kappa shape index (κ3) is 9.57. The number of carbonyl (C=O) groups excluding carboxylic acids is 2. The van der Waals surface area contributed by atoms with Crippen LogP contribution in [0.2, 0.25) is 0 Å². The van der Waals surface area contributed by atoms with E-state index in [1.165, 1.54) is 44.4 Å². The number of aromatic nitrogens is 3. The number of hydrogen-bond donors (Lipinski definition) is 2. The van der Waals surface area contributed by atoms with E-state index in [1.807, 2.05) is 5.38 Å². The van der Waals surface area contributed by atoms with Gasteiger partial charge in [0.05, 0.1) is 17.4 Å². The lowest BCUT2D eigenvalue weighted by molar-refractivity contribution is -0.202. The fraction of sp³-hybridized carbons (Fsp3) is 0.652. The number of carbonyl (C=O) groups is 2. The number of thioether (sulfide) groups is 1. The van der Waals surface area contributed by atoms with Gasteiger partial charge in [0.25, 0.3) is 0 Å². The van der Waals surface area contributed by atoms with Crippen molar-refractivity contribution >= 4 is 35.0 Å². The molecule has 12 heteroatoms. The minimum absolute atomic E-state index is 0.135. The van der Waals surface area contributed by atoms with Gasteiger partial charge in [-0.25, -0.2) is 9.78 Å². The van der Waals surface area contributed by atoms with Crippen LogP contribution in [0, 0.1) is 0 Å². The number of halogens is 3. The first kappa shape index (κ1) is 29.3. The van der Waals surface area contributed by atoms with Crippen LogP contribution in [0.25, 0.3) is 0 Å². The first-order chi connectivity index (χ1) is 16.5. The molecule has 196 valence electrons. The maximum absolute atomic E-state index is 12.4. The standard InChI is InChI=1S/C23H33F3N4O3S2/c1-5-7-8-9-10-17(18-13-15(6-2)29-30-18)27-12-11-16-14-34-21(28-16)35-22(3,4)19(31)33-20(32)23(24,25)26/h13-14,17,27H,5-12H2,1-4H3,(H,29,30). The van der Waals surface area contributed by atoms with Crippen LogP contribution in [-0.2, 0) is 27.2 Å². The highest BCUT2D eigenvalue weighted by atomic mass is 32.2. The molecule has 2 N–H and O–H groups in total. The Hall–Kier alpha value is -1.92. The van der Waals surface area contributed by atoms with Crippen LogP contribution in [0.5, 0.6) is 0 Å². The van der Waals surface area contributed by atoms with Crippen molar-refractivity contribution in [3.05, 3.63) is 28.5 Å². The van der Waals surface area contributed by atoms with Gasteiger partial charge >= 0.3 is 18.1 Å². The Kier molecular flexibility index (Phi) is 11.2. The zero-order chi connectivity index (χ0) is 26.1. The molecule has 35 heavy (non-hydrogen) atoms. The monoisotopic (exact) mass is 534 g/mol. The molecule has 2 rings (SSSR count). The molecule has 0 aliphatic heterocycles. The second kappa shape index (κ2) is 13.4. The van der Waals surface area contributed by atoms with Crippen molar-refractivity contribution in [1.29, 1.82) is 0 Å². The molecule has 0 radical (unpaired) electrons. The van der Waals surface area contributed by atoms with E-state index in [1.54, 1.807) is 0 Å². The summed E-state index contributed by atoms with van der Waals surface area (Å²) in [5.41, 5.74) is 2.91. The van der Waals surface area contributed by atoms with E-state index in [0.29, 0.717) is 17.3 Å². The number of ether oxygens (including phenoxy) is 1. The van der Waals surface area contributed by atoms with Gasteiger partial charge in [0.15, 0.2) is 4.34 Å². The van der Waals surface area contributed by atoms with Crippen molar-refractivity contribution < 1.29 is 27.5 Å². The summed E-state index contributed by atoms with van der Waals surface area (Å²) in [6.45, 7) is 7.72. The number of aromatic amines is 1. The average molecular weight is 535 g/mol. The highest BCUT2D eigenvalue weighted by Crippen LogP contribution is 2.36. The molecule has 0 saturated carbocycles. The first-order valence-corrected chi connectivity index (χ1v) is 13.4. The van der Waals surface area contributed by atoms with Crippen LogP contribution in [0.4, 0.5) is 13.2 Å². The van der Waals surface area contributed by atoms with E-state index in [-0.39, 0.29) is 6.04 Å². The molecule has 0 bridgehead atoms. The predicted molar refractivity (Wildman–Crippen MR) is 130 cm³/mol. The Balaban J connectivity index is 1.91. The van der Waals surface area contributed by atoms with Crippen molar-refractivity contribution in [2.75, 3.05) is 6.54 Å². The van der Waals surface area contributed by atoms with E-state index in [2.05, 4.69) is 45.1 Å². The quantitative estimate of drug-likeness (QED) is 0.137. The Morgan fingerprint density at radius 1 is 1.20 bits per heavy atom. The molecular formula is C23H33F3N4O3S2. The highest BCUT2D eigenvalue weighted by Gasteiger charge is 2.45. The number of unbranched alkanes of at least 4 members (excludes halogenated alkanes) is 3. The molecule has 0 amide bonds. The lowest BCUT2D eigenvalue weighted by Gasteiger charge is -2.19. The molecule has 1 unspecified atom stereocenters. The van der Waals surface area contributed by atoms with Crippen molar-refractivity contribution in [3.63, 3.8) is 0 Å². The third-order valence-corrected chi connectivity index (χ3v) is 7.45. The summed E-state index contributed by atoms with van der Waals surface area (Å²) >= 11 is 2.25. The molecule has 2 aromatic heterocycles. The fourth-order valence-electron chi connectivity index (χ4n) is 3.22. The highest BCUT2D eigenvalue weighted by molar-refractivity contribution is 8.03. The summed E-state index contributed by atoms with van der Waals surface area (Å²) in [5.74, 6) is -3.78. The van der Waals surface area contributed by atoms with Gasteiger partial charge in [-0.1, -0.05) is 51.3 Å². The predicted octanol–water partition coefficient (Wildman–Crippen LogP) is 5.78. The van der Waals surface area contributed by atoms with Crippen molar-refractivity contribution in [2.24, 2.45) is 0 Å². The second-order valence-corrected chi connectivity index (χ2v) is 11.4. The number of nitrogens with zero attached hydrogens (tertiary/aromatic N) is 2. The molecule has 0 saturated heterocycles. The number of hydrogen-bond acceptors (Lipinski definition) is 8. The van der Waals surface area contributed by atoms with Gasteiger partial charge in [-0.3, -0.25) is 9.89 Å². The lowest BCUT2D eigenvalue weighted by atomic mass is 10.0. The van der Waals surface area contributed by atoms with Crippen LogP contribution in [0.1, 0.15) is 82.9 Å². The Morgan fingerprint density at radius 2 is 1.94 bits per heavy atom. The fourth-order valence-corrected chi connectivity index (χ4v) is 5.48. The maximum Gasteiger partial charge on any atom is 0.491 e. The zero-order valence-electron chi connectivity index (χ0n) is 20.5. The van der Waals surface area contributed by atoms with Crippen molar-refractivity contribution in [2.45, 2.75) is 93.9 Å². The SMILES string of the molecule is CCCCCCC(NCCc1csc(SC(C)(C)C(=O)OC(=O)C(F)(F)F)n1)c1cc(CC)[nH]n1. The summed E-state index contributed by atoms with van der Waals surface area (Å²) in [6, 6.07) is 2.23. The van der Waals surface area contributed by atoms with E-state index < -0.39 is 22.9 Å². The molecule has 0 aromatic carbocycles.